The number of aromatic nitrogens is 1. The predicted octanol–water partition coefficient (Wildman–Crippen LogP) is 0.835. The lowest BCUT2D eigenvalue weighted by Gasteiger charge is -2.15. The number of anilines is 1. The number of pyridine rings is 1. The molecule has 0 aromatic carbocycles. The van der Waals surface area contributed by atoms with Crippen molar-refractivity contribution in [1.29, 1.82) is 0 Å². The largest absolute Gasteiger partial charge is 0.367 e. The number of nitrogens with zero attached hydrogens (tertiary/aromatic N) is 2. The van der Waals surface area contributed by atoms with Crippen LogP contribution in [0.4, 0.5) is 5.69 Å². The zero-order valence-electron chi connectivity index (χ0n) is 6.65. The van der Waals surface area contributed by atoms with Crippen molar-refractivity contribution in [1.82, 2.24) is 4.98 Å². The Morgan fingerprint density at radius 1 is 1.50 bits per heavy atom. The van der Waals surface area contributed by atoms with Crippen LogP contribution in [0.1, 0.15) is 17.6 Å². The first kappa shape index (κ1) is 7.24. The minimum Gasteiger partial charge on any atom is -0.367 e. The number of aliphatic imine (C=N–C) groups is 1. The van der Waals surface area contributed by atoms with Crippen molar-refractivity contribution in [2.24, 2.45) is 4.99 Å². The Morgan fingerprint density at radius 3 is 3.17 bits per heavy atom. The monoisotopic (exact) mass is 163 g/mol. The summed E-state index contributed by atoms with van der Waals surface area (Å²) in [6.07, 6.45) is 0.658. The molecule has 0 radical (unpaired) electrons. The van der Waals surface area contributed by atoms with Gasteiger partial charge in [-0.3, -0.25) is 4.98 Å². The van der Waals surface area contributed by atoms with Crippen LogP contribution in [-0.4, -0.2) is 16.4 Å². The predicted molar refractivity (Wildman–Crippen MR) is 46.0 cm³/mol. The Morgan fingerprint density at radius 2 is 2.33 bits per heavy atom. The van der Waals surface area contributed by atoms with E-state index in [4.69, 9.17) is 0 Å². The standard InChI is InChI=1S/C8H9N3O/c1-5-2-3-6-7(11-5)8(12)10-4-9-6/h2-4,8,12H,1H3,(H,9,10). The molecule has 0 fully saturated rings. The highest BCUT2D eigenvalue weighted by Gasteiger charge is 2.15. The molecule has 12 heavy (non-hydrogen) atoms. The van der Waals surface area contributed by atoms with Crippen molar-refractivity contribution < 1.29 is 5.11 Å². The maximum Gasteiger partial charge on any atom is 0.192 e. The lowest BCUT2D eigenvalue weighted by molar-refractivity contribution is 0.184. The van der Waals surface area contributed by atoms with Gasteiger partial charge >= 0.3 is 0 Å². The Hall–Kier alpha value is -1.42. The summed E-state index contributed by atoms with van der Waals surface area (Å²) >= 11 is 0. The van der Waals surface area contributed by atoms with E-state index in [0.717, 1.165) is 11.4 Å². The van der Waals surface area contributed by atoms with Crippen LogP contribution >= 0.6 is 0 Å². The molecule has 1 aromatic rings. The number of hydrogen-bond donors (Lipinski definition) is 2. The summed E-state index contributed by atoms with van der Waals surface area (Å²) in [4.78, 5) is 7.94. The van der Waals surface area contributed by atoms with Crippen LogP contribution in [-0.2, 0) is 0 Å². The van der Waals surface area contributed by atoms with E-state index in [0.29, 0.717) is 5.69 Å². The third-order valence-electron chi connectivity index (χ3n) is 1.74. The molecule has 1 aromatic heterocycles. The molecule has 0 spiro atoms. The molecule has 62 valence electrons. The minimum atomic E-state index is -0.818. The van der Waals surface area contributed by atoms with Gasteiger partial charge in [0.05, 0.1) is 12.0 Å². The van der Waals surface area contributed by atoms with Gasteiger partial charge in [-0.1, -0.05) is 0 Å². The molecule has 4 nitrogen and oxygen atoms in total. The smallest absolute Gasteiger partial charge is 0.192 e. The number of aryl methyl sites for hydroxylation is 1. The average Bonchev–Trinajstić information content (AvgIpc) is 2.07. The van der Waals surface area contributed by atoms with E-state index in [2.05, 4.69) is 15.3 Å². The lowest BCUT2D eigenvalue weighted by Crippen LogP contribution is -2.12. The normalized spacial score (nSPS) is 20.0. The van der Waals surface area contributed by atoms with Crippen LogP contribution in [0.5, 0.6) is 0 Å². The summed E-state index contributed by atoms with van der Waals surface area (Å²) in [5.74, 6) is 0. The van der Waals surface area contributed by atoms with Gasteiger partial charge in [-0.25, -0.2) is 4.99 Å². The SMILES string of the molecule is Cc1ccc2c(n1)C(O)N=CN2. The Balaban J connectivity index is 2.52. The van der Waals surface area contributed by atoms with Gasteiger partial charge in [0.15, 0.2) is 6.23 Å². The molecule has 1 unspecified atom stereocenters. The second kappa shape index (κ2) is 2.57. The fourth-order valence-electron chi connectivity index (χ4n) is 1.14. The van der Waals surface area contributed by atoms with Gasteiger partial charge in [0.25, 0.3) is 0 Å². The molecule has 1 aliphatic rings. The maximum atomic E-state index is 9.39. The van der Waals surface area contributed by atoms with E-state index in [1.54, 1.807) is 0 Å². The molecular weight excluding hydrogens is 154 g/mol. The van der Waals surface area contributed by atoms with Gasteiger partial charge < -0.3 is 10.4 Å². The van der Waals surface area contributed by atoms with Crippen LogP contribution in [0.25, 0.3) is 0 Å². The zero-order valence-corrected chi connectivity index (χ0v) is 6.65. The summed E-state index contributed by atoms with van der Waals surface area (Å²) in [5, 5.41) is 12.3. The fourth-order valence-corrected chi connectivity index (χ4v) is 1.14. The molecule has 4 heteroatoms. The summed E-state index contributed by atoms with van der Waals surface area (Å²) in [6, 6.07) is 3.77. The summed E-state index contributed by atoms with van der Waals surface area (Å²) in [5.41, 5.74) is 2.30. The van der Waals surface area contributed by atoms with Gasteiger partial charge in [-0.2, -0.15) is 0 Å². The van der Waals surface area contributed by atoms with E-state index < -0.39 is 6.23 Å². The number of fused-ring (bicyclic) bond motifs is 1. The zero-order chi connectivity index (χ0) is 8.55. The Bertz CT molecular complexity index is 335. The van der Waals surface area contributed by atoms with E-state index >= 15 is 0 Å². The summed E-state index contributed by atoms with van der Waals surface area (Å²) in [7, 11) is 0. The molecule has 1 atom stereocenters. The molecule has 2 rings (SSSR count). The van der Waals surface area contributed by atoms with Crippen molar-refractivity contribution >= 4 is 12.0 Å². The quantitative estimate of drug-likeness (QED) is 0.595. The number of aliphatic hydroxyl groups excluding tert-OH is 1. The molecule has 2 N–H and O–H groups in total. The van der Waals surface area contributed by atoms with E-state index in [9.17, 15) is 5.11 Å². The topological polar surface area (TPSA) is 57.5 Å². The molecule has 2 heterocycles. The van der Waals surface area contributed by atoms with Crippen LogP contribution in [0.2, 0.25) is 0 Å². The molecule has 0 saturated heterocycles. The Labute approximate surface area is 70.0 Å². The van der Waals surface area contributed by atoms with Crippen molar-refractivity contribution in [3.8, 4) is 0 Å². The fraction of sp³-hybridized carbons (Fsp3) is 0.250. The van der Waals surface area contributed by atoms with Crippen LogP contribution < -0.4 is 5.32 Å². The maximum absolute atomic E-state index is 9.39. The molecular formula is C8H9N3O. The molecule has 1 aliphatic heterocycles. The van der Waals surface area contributed by atoms with Crippen LogP contribution in [0, 0.1) is 6.92 Å². The van der Waals surface area contributed by atoms with Crippen LogP contribution in [0.3, 0.4) is 0 Å². The number of hydrogen-bond acceptors (Lipinski definition) is 4. The Kier molecular flexibility index (Phi) is 1.55. The molecule has 0 amide bonds. The first-order valence-electron chi connectivity index (χ1n) is 3.71. The lowest BCUT2D eigenvalue weighted by atomic mass is 10.2. The number of rotatable bonds is 0. The van der Waals surface area contributed by atoms with Crippen LogP contribution in [0.15, 0.2) is 17.1 Å². The second-order valence-corrected chi connectivity index (χ2v) is 2.68. The first-order valence-corrected chi connectivity index (χ1v) is 3.71. The highest BCUT2D eigenvalue weighted by Crippen LogP contribution is 2.24. The summed E-state index contributed by atoms with van der Waals surface area (Å²) < 4.78 is 0. The summed E-state index contributed by atoms with van der Waals surface area (Å²) in [6.45, 7) is 1.88. The average molecular weight is 163 g/mol. The van der Waals surface area contributed by atoms with Crippen molar-refractivity contribution in [3.63, 3.8) is 0 Å². The third kappa shape index (κ3) is 1.06. The molecule has 0 saturated carbocycles. The minimum absolute atomic E-state index is 0.595. The van der Waals surface area contributed by atoms with Gasteiger partial charge in [0.1, 0.15) is 5.69 Å². The molecule has 0 aliphatic carbocycles. The number of aliphatic hydroxyl groups is 1. The van der Waals surface area contributed by atoms with Gasteiger partial charge in [-0.15, -0.1) is 0 Å². The van der Waals surface area contributed by atoms with Gasteiger partial charge in [0.2, 0.25) is 0 Å². The van der Waals surface area contributed by atoms with Crippen molar-refractivity contribution in [2.45, 2.75) is 13.2 Å². The molecule has 0 bridgehead atoms. The van der Waals surface area contributed by atoms with Crippen molar-refractivity contribution in [3.05, 3.63) is 23.5 Å². The first-order chi connectivity index (χ1) is 5.77. The highest BCUT2D eigenvalue weighted by molar-refractivity contribution is 5.79. The van der Waals surface area contributed by atoms with Gasteiger partial charge in [-0.05, 0) is 19.1 Å². The highest BCUT2D eigenvalue weighted by atomic mass is 16.3. The van der Waals surface area contributed by atoms with Gasteiger partial charge in [0, 0.05) is 5.69 Å². The number of nitrogens with one attached hydrogen (secondary N) is 1. The van der Waals surface area contributed by atoms with Crippen molar-refractivity contribution in [2.75, 3.05) is 5.32 Å². The van der Waals surface area contributed by atoms with E-state index in [1.165, 1.54) is 6.34 Å². The van der Waals surface area contributed by atoms with E-state index in [1.807, 2.05) is 19.1 Å². The van der Waals surface area contributed by atoms with E-state index in [-0.39, 0.29) is 0 Å². The second-order valence-electron chi connectivity index (χ2n) is 2.68. The third-order valence-corrected chi connectivity index (χ3v) is 1.74.